The van der Waals surface area contributed by atoms with Gasteiger partial charge in [-0.3, -0.25) is 4.68 Å². The van der Waals surface area contributed by atoms with Gasteiger partial charge >= 0.3 is 0 Å². The lowest BCUT2D eigenvalue weighted by Gasteiger charge is -2.34. The van der Waals surface area contributed by atoms with Gasteiger partial charge in [-0.2, -0.15) is 10.4 Å². The van der Waals surface area contributed by atoms with Gasteiger partial charge in [-0.1, -0.05) is 17.7 Å². The second-order valence-electron chi connectivity index (χ2n) is 5.18. The molecular formula is C15H16ClN5. The normalized spacial score (nSPS) is 15.9. The van der Waals surface area contributed by atoms with Crippen molar-refractivity contribution in [1.82, 2.24) is 9.78 Å². The first-order valence-electron chi connectivity index (χ1n) is 6.93. The first-order valence-corrected chi connectivity index (χ1v) is 7.31. The lowest BCUT2D eigenvalue weighted by atomic mass is 10.0. The largest absolute Gasteiger partial charge is 0.382 e. The third-order valence-electron chi connectivity index (χ3n) is 3.91. The van der Waals surface area contributed by atoms with Gasteiger partial charge in [0.25, 0.3) is 0 Å². The summed E-state index contributed by atoms with van der Waals surface area (Å²) in [5.74, 6) is 0.555. The first-order chi connectivity index (χ1) is 10.2. The summed E-state index contributed by atoms with van der Waals surface area (Å²) in [5, 5.41) is 14.1. The van der Waals surface area contributed by atoms with Gasteiger partial charge in [0, 0.05) is 19.3 Å². The smallest absolute Gasteiger partial charge is 0.145 e. The number of anilines is 2. The van der Waals surface area contributed by atoms with Gasteiger partial charge in [-0.25, -0.2) is 0 Å². The van der Waals surface area contributed by atoms with Crippen molar-refractivity contribution in [3.8, 4) is 6.07 Å². The zero-order chi connectivity index (χ0) is 14.8. The van der Waals surface area contributed by atoms with E-state index in [1.807, 2.05) is 29.1 Å². The van der Waals surface area contributed by atoms with Gasteiger partial charge in [-0.05, 0) is 31.0 Å². The Hall–Kier alpha value is -2.19. The maximum atomic E-state index is 9.27. The van der Waals surface area contributed by atoms with Crippen LogP contribution in [0.5, 0.6) is 0 Å². The molecule has 1 saturated heterocycles. The molecule has 1 aliphatic heterocycles. The van der Waals surface area contributed by atoms with E-state index in [0.29, 0.717) is 22.4 Å². The minimum absolute atomic E-state index is 0.364. The van der Waals surface area contributed by atoms with Crippen LogP contribution in [0, 0.1) is 11.3 Å². The molecule has 1 aliphatic rings. The quantitative estimate of drug-likeness (QED) is 0.926. The number of rotatable bonds is 2. The van der Waals surface area contributed by atoms with Gasteiger partial charge in [0.15, 0.2) is 0 Å². The van der Waals surface area contributed by atoms with Gasteiger partial charge in [-0.15, -0.1) is 0 Å². The minimum Gasteiger partial charge on any atom is -0.382 e. The highest BCUT2D eigenvalue weighted by molar-refractivity contribution is 6.32. The van der Waals surface area contributed by atoms with Crippen LogP contribution < -0.4 is 10.6 Å². The Labute approximate surface area is 128 Å². The van der Waals surface area contributed by atoms with Crippen molar-refractivity contribution in [2.75, 3.05) is 23.7 Å². The molecular weight excluding hydrogens is 286 g/mol. The summed E-state index contributed by atoms with van der Waals surface area (Å²) >= 11 is 6.10. The topological polar surface area (TPSA) is 70.9 Å². The highest BCUT2D eigenvalue weighted by atomic mass is 35.5. The molecule has 0 spiro atoms. The molecule has 1 aromatic heterocycles. The highest BCUT2D eigenvalue weighted by Crippen LogP contribution is 2.31. The fraction of sp³-hybridized carbons (Fsp3) is 0.333. The van der Waals surface area contributed by atoms with Crippen LogP contribution in [-0.2, 0) is 0 Å². The Morgan fingerprint density at radius 3 is 2.67 bits per heavy atom. The molecule has 1 fully saturated rings. The SMILES string of the molecule is N#Cc1c(Cl)cccc1N1CCC(n2ccc(N)n2)CC1. The Balaban J connectivity index is 1.75. The van der Waals surface area contributed by atoms with E-state index >= 15 is 0 Å². The monoisotopic (exact) mass is 301 g/mol. The number of hydrogen-bond donors (Lipinski definition) is 1. The van der Waals surface area contributed by atoms with Crippen LogP contribution in [0.15, 0.2) is 30.5 Å². The van der Waals surface area contributed by atoms with Crippen LogP contribution in [0.4, 0.5) is 11.5 Å². The number of aromatic nitrogens is 2. The number of hydrogen-bond acceptors (Lipinski definition) is 4. The van der Waals surface area contributed by atoms with Gasteiger partial charge < -0.3 is 10.6 Å². The van der Waals surface area contributed by atoms with Crippen molar-refractivity contribution in [2.45, 2.75) is 18.9 Å². The fourth-order valence-electron chi connectivity index (χ4n) is 2.81. The fourth-order valence-corrected chi connectivity index (χ4v) is 3.03. The molecule has 0 saturated carbocycles. The summed E-state index contributed by atoms with van der Waals surface area (Å²) in [6.07, 6.45) is 3.87. The van der Waals surface area contributed by atoms with E-state index in [9.17, 15) is 5.26 Å². The van der Waals surface area contributed by atoms with Crippen LogP contribution in [0.25, 0.3) is 0 Å². The molecule has 6 heteroatoms. The molecule has 0 aliphatic carbocycles. The molecule has 0 bridgehead atoms. The molecule has 0 amide bonds. The van der Waals surface area contributed by atoms with Crippen LogP contribution >= 0.6 is 11.6 Å². The number of benzene rings is 1. The zero-order valence-corrected chi connectivity index (χ0v) is 12.3. The molecule has 0 radical (unpaired) electrons. The predicted octanol–water partition coefficient (Wildman–Crippen LogP) is 2.83. The minimum atomic E-state index is 0.364. The third-order valence-corrected chi connectivity index (χ3v) is 4.23. The van der Waals surface area contributed by atoms with E-state index in [1.54, 1.807) is 6.07 Å². The van der Waals surface area contributed by atoms with Crippen molar-refractivity contribution in [3.63, 3.8) is 0 Å². The van der Waals surface area contributed by atoms with Crippen molar-refractivity contribution in [1.29, 1.82) is 5.26 Å². The summed E-state index contributed by atoms with van der Waals surface area (Å²) in [4.78, 5) is 2.22. The van der Waals surface area contributed by atoms with E-state index in [-0.39, 0.29) is 0 Å². The molecule has 3 rings (SSSR count). The van der Waals surface area contributed by atoms with E-state index in [0.717, 1.165) is 31.6 Å². The first kappa shape index (κ1) is 13.8. The standard InChI is InChI=1S/C15H16ClN5/c16-13-2-1-3-14(12(13)10-17)20-7-4-11(5-8-20)21-9-6-15(18)19-21/h1-3,6,9,11H,4-5,7-8H2,(H2,18,19). The average molecular weight is 302 g/mol. The summed E-state index contributed by atoms with van der Waals surface area (Å²) in [6.45, 7) is 1.75. The third kappa shape index (κ3) is 2.67. The van der Waals surface area contributed by atoms with Crippen LogP contribution in [0.3, 0.4) is 0 Å². The van der Waals surface area contributed by atoms with Crippen molar-refractivity contribution in [3.05, 3.63) is 41.0 Å². The van der Waals surface area contributed by atoms with Gasteiger partial charge in [0.1, 0.15) is 11.9 Å². The molecule has 0 unspecified atom stereocenters. The van der Waals surface area contributed by atoms with Crippen LogP contribution in [0.2, 0.25) is 5.02 Å². The number of nitrogens with two attached hydrogens (primary N) is 1. The number of nitrogens with zero attached hydrogens (tertiary/aromatic N) is 4. The van der Waals surface area contributed by atoms with Gasteiger partial charge in [0.2, 0.25) is 0 Å². The number of halogens is 1. The molecule has 1 aromatic carbocycles. The van der Waals surface area contributed by atoms with Crippen LogP contribution in [-0.4, -0.2) is 22.9 Å². The van der Waals surface area contributed by atoms with Crippen LogP contribution in [0.1, 0.15) is 24.4 Å². The van der Waals surface area contributed by atoms with E-state index in [2.05, 4.69) is 16.1 Å². The average Bonchev–Trinajstić information content (AvgIpc) is 2.94. The zero-order valence-electron chi connectivity index (χ0n) is 11.5. The number of nitrogen functional groups attached to an aromatic ring is 1. The molecule has 108 valence electrons. The Bertz CT molecular complexity index is 680. The summed E-state index contributed by atoms with van der Waals surface area (Å²) in [6, 6.07) is 9.98. The summed E-state index contributed by atoms with van der Waals surface area (Å²) in [7, 11) is 0. The Kier molecular flexibility index (Phi) is 3.72. The molecule has 0 atom stereocenters. The van der Waals surface area contributed by atoms with E-state index in [4.69, 9.17) is 17.3 Å². The van der Waals surface area contributed by atoms with Crippen molar-refractivity contribution < 1.29 is 0 Å². The maximum Gasteiger partial charge on any atom is 0.145 e. The lowest BCUT2D eigenvalue weighted by Crippen LogP contribution is -2.35. The molecule has 21 heavy (non-hydrogen) atoms. The van der Waals surface area contributed by atoms with Crippen molar-refractivity contribution in [2.24, 2.45) is 0 Å². The maximum absolute atomic E-state index is 9.27. The second-order valence-corrected chi connectivity index (χ2v) is 5.59. The molecule has 2 N–H and O–H groups in total. The predicted molar refractivity (Wildman–Crippen MR) is 83.3 cm³/mol. The highest BCUT2D eigenvalue weighted by Gasteiger charge is 2.23. The molecule has 5 nitrogen and oxygen atoms in total. The van der Waals surface area contributed by atoms with E-state index < -0.39 is 0 Å². The molecule has 2 aromatic rings. The summed E-state index contributed by atoms with van der Waals surface area (Å²) in [5.41, 5.74) is 7.14. The molecule has 2 heterocycles. The van der Waals surface area contributed by atoms with Gasteiger partial charge in [0.05, 0.1) is 22.3 Å². The Morgan fingerprint density at radius 2 is 2.05 bits per heavy atom. The number of nitriles is 1. The Morgan fingerprint density at radius 1 is 1.29 bits per heavy atom. The summed E-state index contributed by atoms with van der Waals surface area (Å²) < 4.78 is 1.94. The lowest BCUT2D eigenvalue weighted by molar-refractivity contribution is 0.368. The van der Waals surface area contributed by atoms with E-state index in [1.165, 1.54) is 0 Å². The van der Waals surface area contributed by atoms with Crippen molar-refractivity contribution >= 4 is 23.1 Å². The number of piperidine rings is 1. The second kappa shape index (κ2) is 5.66.